The van der Waals surface area contributed by atoms with Crippen LogP contribution in [0.25, 0.3) is 11.3 Å². The number of nitrogens with one attached hydrogen (secondary N) is 1. The first-order valence-electron chi connectivity index (χ1n) is 9.16. The van der Waals surface area contributed by atoms with E-state index >= 15 is 0 Å². The van der Waals surface area contributed by atoms with Crippen molar-refractivity contribution in [3.8, 4) is 22.8 Å². The van der Waals surface area contributed by atoms with E-state index in [1.165, 1.54) is 18.3 Å². The molecule has 2 aliphatic rings. The summed E-state index contributed by atoms with van der Waals surface area (Å²) in [7, 11) is 0. The summed E-state index contributed by atoms with van der Waals surface area (Å²) in [5.74, 6) is -0.115. The average Bonchev–Trinajstić information content (AvgIpc) is 3.46. The fraction of sp³-hybridized carbons (Fsp3) is 0.143. The summed E-state index contributed by atoms with van der Waals surface area (Å²) in [6, 6.07) is 11.0. The molecule has 0 radical (unpaired) electrons. The molecule has 3 amide bonds. The number of hydrogen-bond donors (Lipinski definition) is 1. The van der Waals surface area contributed by atoms with Gasteiger partial charge in [0.05, 0.1) is 16.8 Å². The highest BCUT2D eigenvalue weighted by Gasteiger charge is 2.40. The van der Waals surface area contributed by atoms with E-state index in [4.69, 9.17) is 9.47 Å². The van der Waals surface area contributed by atoms with Crippen molar-refractivity contribution in [2.75, 3.05) is 12.1 Å². The number of hydrogen-bond acceptors (Lipinski definition) is 7. The third-order valence-corrected chi connectivity index (χ3v) is 5.75. The van der Waals surface area contributed by atoms with Crippen LogP contribution in [0.15, 0.2) is 47.8 Å². The number of carbonyl (C=O) groups is 3. The molecule has 0 fully saturated rings. The Kier molecular flexibility index (Phi) is 4.25. The Balaban J connectivity index is 1.32. The third kappa shape index (κ3) is 2.91. The molecule has 0 saturated carbocycles. The van der Waals surface area contributed by atoms with Crippen LogP contribution in [0.3, 0.4) is 0 Å². The predicted molar refractivity (Wildman–Crippen MR) is 109 cm³/mol. The summed E-state index contributed by atoms with van der Waals surface area (Å²) in [5.41, 5.74) is 2.11. The van der Waals surface area contributed by atoms with Crippen molar-refractivity contribution in [2.45, 2.75) is 13.0 Å². The second kappa shape index (κ2) is 6.96. The Bertz CT molecular complexity index is 1170. The molecule has 0 spiro atoms. The molecule has 2 aromatic carbocycles. The molecule has 0 aliphatic carbocycles. The van der Waals surface area contributed by atoms with Crippen molar-refractivity contribution in [1.82, 2.24) is 9.88 Å². The van der Waals surface area contributed by atoms with Gasteiger partial charge in [0.15, 0.2) is 16.6 Å². The van der Waals surface area contributed by atoms with E-state index in [1.807, 2.05) is 12.1 Å². The SMILES string of the molecule is CC(C(=O)Nc1nc(-c2ccc3c(c2)OCO3)cs1)N1C(=O)c2ccccc2C1=O. The van der Waals surface area contributed by atoms with Gasteiger partial charge in [0.2, 0.25) is 12.7 Å². The third-order valence-electron chi connectivity index (χ3n) is 4.99. The zero-order valence-electron chi connectivity index (χ0n) is 15.7. The zero-order valence-corrected chi connectivity index (χ0v) is 16.6. The molecule has 0 saturated heterocycles. The highest BCUT2D eigenvalue weighted by Crippen LogP contribution is 2.36. The number of carbonyl (C=O) groups excluding carboxylic acids is 3. The summed E-state index contributed by atoms with van der Waals surface area (Å²) in [5, 5.41) is 4.87. The van der Waals surface area contributed by atoms with E-state index in [0.717, 1.165) is 10.5 Å². The minimum atomic E-state index is -0.977. The minimum Gasteiger partial charge on any atom is -0.454 e. The molecule has 5 rings (SSSR count). The average molecular weight is 421 g/mol. The molecule has 3 heterocycles. The molecular formula is C21H15N3O5S. The van der Waals surface area contributed by atoms with Gasteiger partial charge in [-0.2, -0.15) is 0 Å². The Labute approximate surface area is 175 Å². The van der Waals surface area contributed by atoms with E-state index in [9.17, 15) is 14.4 Å². The van der Waals surface area contributed by atoms with Crippen molar-refractivity contribution >= 4 is 34.2 Å². The number of ether oxygens (including phenoxy) is 2. The molecule has 2 aliphatic heterocycles. The standard InChI is InChI=1S/C21H15N3O5S/c1-11(24-19(26)13-4-2-3-5-14(13)20(24)27)18(25)23-21-22-15(9-30-21)12-6-7-16-17(8-12)29-10-28-16/h2-9,11H,10H2,1H3,(H,22,23,25). The largest absolute Gasteiger partial charge is 0.454 e. The monoisotopic (exact) mass is 421 g/mol. The van der Waals surface area contributed by atoms with Crippen LogP contribution in [-0.4, -0.2) is 40.4 Å². The van der Waals surface area contributed by atoms with Crippen LogP contribution in [-0.2, 0) is 4.79 Å². The second-order valence-corrected chi connectivity index (χ2v) is 7.66. The maximum atomic E-state index is 12.7. The lowest BCUT2D eigenvalue weighted by atomic mass is 10.1. The fourth-order valence-corrected chi connectivity index (χ4v) is 4.13. The van der Waals surface area contributed by atoms with Gasteiger partial charge in [-0.1, -0.05) is 12.1 Å². The van der Waals surface area contributed by atoms with E-state index < -0.39 is 23.8 Å². The quantitative estimate of drug-likeness (QED) is 0.650. The van der Waals surface area contributed by atoms with Gasteiger partial charge in [0.1, 0.15) is 6.04 Å². The van der Waals surface area contributed by atoms with Gasteiger partial charge in [0.25, 0.3) is 11.8 Å². The zero-order chi connectivity index (χ0) is 20.8. The number of fused-ring (bicyclic) bond motifs is 2. The van der Waals surface area contributed by atoms with Crippen molar-refractivity contribution in [3.63, 3.8) is 0 Å². The van der Waals surface area contributed by atoms with Crippen molar-refractivity contribution in [1.29, 1.82) is 0 Å². The number of imide groups is 1. The van der Waals surface area contributed by atoms with Gasteiger partial charge in [0, 0.05) is 10.9 Å². The number of rotatable bonds is 4. The fourth-order valence-electron chi connectivity index (χ4n) is 3.41. The normalized spacial score (nSPS) is 15.3. The van der Waals surface area contributed by atoms with Crippen LogP contribution in [0, 0.1) is 0 Å². The summed E-state index contributed by atoms with van der Waals surface area (Å²) in [4.78, 5) is 43.3. The van der Waals surface area contributed by atoms with Gasteiger partial charge in [-0.25, -0.2) is 4.98 Å². The number of anilines is 1. The highest BCUT2D eigenvalue weighted by molar-refractivity contribution is 7.14. The minimum absolute atomic E-state index is 0.187. The van der Waals surface area contributed by atoms with Crippen molar-refractivity contribution in [3.05, 3.63) is 59.0 Å². The number of thiazole rings is 1. The Morgan fingerprint density at radius 3 is 2.53 bits per heavy atom. The number of benzene rings is 2. The van der Waals surface area contributed by atoms with Gasteiger partial charge in [-0.05, 0) is 37.3 Å². The van der Waals surface area contributed by atoms with Crippen molar-refractivity contribution < 1.29 is 23.9 Å². The van der Waals surface area contributed by atoms with Crippen LogP contribution < -0.4 is 14.8 Å². The molecule has 30 heavy (non-hydrogen) atoms. The molecule has 9 heteroatoms. The van der Waals surface area contributed by atoms with Crippen LogP contribution in [0.4, 0.5) is 5.13 Å². The summed E-state index contributed by atoms with van der Waals surface area (Å²) >= 11 is 1.25. The molecule has 150 valence electrons. The number of nitrogens with zero attached hydrogens (tertiary/aromatic N) is 2. The van der Waals surface area contributed by atoms with E-state index in [2.05, 4.69) is 10.3 Å². The molecule has 0 bridgehead atoms. The number of aromatic nitrogens is 1. The molecular weight excluding hydrogens is 406 g/mol. The maximum absolute atomic E-state index is 12.7. The maximum Gasteiger partial charge on any atom is 0.262 e. The van der Waals surface area contributed by atoms with Crippen LogP contribution >= 0.6 is 11.3 Å². The topological polar surface area (TPSA) is 97.8 Å². The number of amides is 3. The van der Waals surface area contributed by atoms with E-state index in [1.54, 1.807) is 35.7 Å². The first-order valence-corrected chi connectivity index (χ1v) is 10.0. The Morgan fingerprint density at radius 1 is 1.10 bits per heavy atom. The molecule has 1 atom stereocenters. The Hall–Kier alpha value is -3.72. The van der Waals surface area contributed by atoms with Crippen molar-refractivity contribution in [2.24, 2.45) is 0 Å². The first-order chi connectivity index (χ1) is 14.5. The van der Waals surface area contributed by atoms with Gasteiger partial charge in [-0.3, -0.25) is 19.3 Å². The van der Waals surface area contributed by atoms with Crippen LogP contribution in [0.5, 0.6) is 11.5 Å². The lowest BCUT2D eigenvalue weighted by Crippen LogP contribution is -2.45. The summed E-state index contributed by atoms with van der Waals surface area (Å²) in [6.07, 6.45) is 0. The van der Waals surface area contributed by atoms with Gasteiger partial charge >= 0.3 is 0 Å². The van der Waals surface area contributed by atoms with Crippen LogP contribution in [0.1, 0.15) is 27.6 Å². The predicted octanol–water partition coefficient (Wildman–Crippen LogP) is 3.16. The van der Waals surface area contributed by atoms with Gasteiger partial charge in [-0.15, -0.1) is 11.3 Å². The molecule has 8 nitrogen and oxygen atoms in total. The smallest absolute Gasteiger partial charge is 0.262 e. The van der Waals surface area contributed by atoms with E-state index in [-0.39, 0.29) is 6.79 Å². The van der Waals surface area contributed by atoms with Crippen LogP contribution in [0.2, 0.25) is 0 Å². The van der Waals surface area contributed by atoms with E-state index in [0.29, 0.717) is 33.5 Å². The second-order valence-electron chi connectivity index (χ2n) is 6.80. The lowest BCUT2D eigenvalue weighted by molar-refractivity contribution is -0.119. The highest BCUT2D eigenvalue weighted by atomic mass is 32.1. The molecule has 1 aromatic heterocycles. The molecule has 3 aromatic rings. The lowest BCUT2D eigenvalue weighted by Gasteiger charge is -2.21. The van der Waals surface area contributed by atoms with Gasteiger partial charge < -0.3 is 14.8 Å². The molecule has 1 unspecified atom stereocenters. The summed E-state index contributed by atoms with van der Waals surface area (Å²) < 4.78 is 10.7. The first kappa shape index (κ1) is 18.3. The molecule has 1 N–H and O–H groups in total. The Morgan fingerprint density at radius 2 is 1.80 bits per heavy atom. The summed E-state index contributed by atoms with van der Waals surface area (Å²) in [6.45, 7) is 1.70.